The van der Waals surface area contributed by atoms with Crippen molar-refractivity contribution in [1.29, 1.82) is 0 Å². The van der Waals surface area contributed by atoms with Gasteiger partial charge in [0.15, 0.2) is 0 Å². The fourth-order valence-electron chi connectivity index (χ4n) is 4.58. The third kappa shape index (κ3) is 6.38. The summed E-state index contributed by atoms with van der Waals surface area (Å²) in [6.07, 6.45) is 9.49. The third-order valence-corrected chi connectivity index (χ3v) is 8.20. The largest absolute Gasteiger partial charge is 0.487 e. The summed E-state index contributed by atoms with van der Waals surface area (Å²) in [6.45, 7) is 8.61. The van der Waals surface area contributed by atoms with Gasteiger partial charge in [0.05, 0.1) is 17.0 Å². The highest BCUT2D eigenvalue weighted by Crippen LogP contribution is 2.38. The first kappa shape index (κ1) is 27.1. The molecule has 1 N–H and O–H groups in total. The van der Waals surface area contributed by atoms with E-state index in [4.69, 9.17) is 16.3 Å². The van der Waals surface area contributed by atoms with Crippen LogP contribution in [0.3, 0.4) is 0 Å². The summed E-state index contributed by atoms with van der Waals surface area (Å²) < 4.78 is 5.87. The Morgan fingerprint density at radius 2 is 2.13 bits per heavy atom. The van der Waals surface area contributed by atoms with E-state index in [2.05, 4.69) is 39.0 Å². The first-order chi connectivity index (χ1) is 19.1. The van der Waals surface area contributed by atoms with Gasteiger partial charge in [-0.2, -0.15) is 0 Å². The molecule has 10 heteroatoms. The van der Waals surface area contributed by atoms with Crippen LogP contribution in [-0.2, 0) is 24.4 Å². The number of hydrogen-bond donors (Lipinski definition) is 1. The minimum Gasteiger partial charge on any atom is -0.487 e. The van der Waals surface area contributed by atoms with E-state index in [9.17, 15) is 4.79 Å². The highest BCUT2D eigenvalue weighted by molar-refractivity contribution is 7.19. The SMILES string of the molecule is CCN(CC)C/C=C/C(=O)N1CCc2c(sc3ncnc(Nc4ccc(OCc5cccnc5)c(Cl)c4)c23)C1. The normalized spacial score (nSPS) is 13.3. The van der Waals surface area contributed by atoms with Gasteiger partial charge >= 0.3 is 0 Å². The first-order valence-electron chi connectivity index (χ1n) is 13.1. The van der Waals surface area contributed by atoms with Gasteiger partial charge in [0.2, 0.25) is 5.91 Å². The number of rotatable bonds is 10. The lowest BCUT2D eigenvalue weighted by Gasteiger charge is -2.26. The predicted octanol–water partition coefficient (Wildman–Crippen LogP) is 5.85. The third-order valence-electron chi connectivity index (χ3n) is 6.78. The molecule has 39 heavy (non-hydrogen) atoms. The van der Waals surface area contributed by atoms with Gasteiger partial charge in [-0.05, 0) is 49.3 Å². The second kappa shape index (κ2) is 12.5. The number of nitrogens with one attached hydrogen (secondary N) is 1. The Kier molecular flexibility index (Phi) is 8.71. The number of ether oxygens (including phenoxy) is 1. The lowest BCUT2D eigenvalue weighted by molar-refractivity contribution is -0.126. The van der Waals surface area contributed by atoms with Crippen molar-refractivity contribution in [1.82, 2.24) is 24.8 Å². The number of fused-ring (bicyclic) bond motifs is 3. The van der Waals surface area contributed by atoms with Crippen LogP contribution in [0.2, 0.25) is 5.02 Å². The van der Waals surface area contributed by atoms with Crippen molar-refractivity contribution in [3.05, 3.63) is 82.2 Å². The van der Waals surface area contributed by atoms with Gasteiger partial charge in [0.25, 0.3) is 0 Å². The zero-order valence-electron chi connectivity index (χ0n) is 22.1. The second-order valence-corrected chi connectivity index (χ2v) is 10.7. The second-order valence-electron chi connectivity index (χ2n) is 9.22. The fourth-order valence-corrected chi connectivity index (χ4v) is 6.02. The monoisotopic (exact) mass is 562 g/mol. The van der Waals surface area contributed by atoms with Crippen LogP contribution in [0.1, 0.15) is 29.9 Å². The van der Waals surface area contributed by atoms with E-state index in [1.807, 2.05) is 41.3 Å². The molecule has 1 aliphatic rings. The molecule has 3 aromatic heterocycles. The Morgan fingerprint density at radius 3 is 2.90 bits per heavy atom. The zero-order chi connectivity index (χ0) is 27.2. The van der Waals surface area contributed by atoms with Crippen LogP contribution < -0.4 is 10.1 Å². The van der Waals surface area contributed by atoms with Crippen molar-refractivity contribution in [3.8, 4) is 5.75 Å². The molecule has 4 heterocycles. The summed E-state index contributed by atoms with van der Waals surface area (Å²) >= 11 is 8.16. The molecule has 8 nitrogen and oxygen atoms in total. The van der Waals surface area contributed by atoms with E-state index in [1.54, 1.807) is 36.1 Å². The minimum atomic E-state index is 0.0511. The number of carbonyl (C=O) groups is 1. The van der Waals surface area contributed by atoms with Crippen molar-refractivity contribution in [2.75, 3.05) is 31.5 Å². The summed E-state index contributed by atoms with van der Waals surface area (Å²) in [5.74, 6) is 1.38. The molecule has 1 aliphatic heterocycles. The molecule has 1 aromatic carbocycles. The number of benzene rings is 1. The number of thiophene rings is 1. The number of anilines is 2. The lowest BCUT2D eigenvalue weighted by Crippen LogP contribution is -2.34. The van der Waals surface area contributed by atoms with Crippen LogP contribution in [0, 0.1) is 0 Å². The molecule has 0 aliphatic carbocycles. The molecule has 5 rings (SSSR count). The summed E-state index contributed by atoms with van der Waals surface area (Å²) in [6, 6.07) is 9.43. The molecule has 0 saturated carbocycles. The van der Waals surface area contributed by atoms with E-state index >= 15 is 0 Å². The van der Waals surface area contributed by atoms with Crippen molar-refractivity contribution < 1.29 is 9.53 Å². The Labute approximate surface area is 237 Å². The summed E-state index contributed by atoms with van der Waals surface area (Å²) in [5, 5.41) is 4.93. The summed E-state index contributed by atoms with van der Waals surface area (Å²) in [7, 11) is 0. The van der Waals surface area contributed by atoms with Crippen molar-refractivity contribution in [3.63, 3.8) is 0 Å². The van der Waals surface area contributed by atoms with Gasteiger partial charge in [0, 0.05) is 47.7 Å². The smallest absolute Gasteiger partial charge is 0.246 e. The number of amides is 1. The molecule has 0 atom stereocenters. The van der Waals surface area contributed by atoms with E-state index in [-0.39, 0.29) is 5.91 Å². The highest BCUT2D eigenvalue weighted by Gasteiger charge is 2.25. The number of carbonyl (C=O) groups excluding carboxylic acids is 1. The van der Waals surface area contributed by atoms with Crippen LogP contribution in [0.15, 0.2) is 61.2 Å². The van der Waals surface area contributed by atoms with E-state index < -0.39 is 0 Å². The quantitative estimate of drug-likeness (QED) is 0.243. The van der Waals surface area contributed by atoms with Gasteiger partial charge in [-0.1, -0.05) is 37.6 Å². The molecular formula is C29H31ClN6O2S. The molecule has 0 radical (unpaired) electrons. The van der Waals surface area contributed by atoms with Crippen LogP contribution in [0.4, 0.5) is 11.5 Å². The maximum absolute atomic E-state index is 12.8. The predicted molar refractivity (Wildman–Crippen MR) is 157 cm³/mol. The number of aromatic nitrogens is 3. The van der Waals surface area contributed by atoms with Gasteiger partial charge in [0.1, 0.15) is 29.3 Å². The molecule has 202 valence electrons. The fraction of sp³-hybridized carbons (Fsp3) is 0.310. The number of hydrogen-bond acceptors (Lipinski definition) is 8. The van der Waals surface area contributed by atoms with E-state index in [0.717, 1.165) is 58.2 Å². The Morgan fingerprint density at radius 1 is 1.26 bits per heavy atom. The van der Waals surface area contributed by atoms with Gasteiger partial charge in [-0.15, -0.1) is 11.3 Å². The molecule has 0 spiro atoms. The number of likely N-dealkylation sites (N-methyl/N-ethyl adjacent to an activating group) is 1. The van der Waals surface area contributed by atoms with Gasteiger partial charge in [-0.3, -0.25) is 9.78 Å². The summed E-state index contributed by atoms with van der Waals surface area (Å²) in [4.78, 5) is 32.3. The molecule has 4 aromatic rings. The van der Waals surface area contributed by atoms with Crippen molar-refractivity contribution in [2.24, 2.45) is 0 Å². The average Bonchev–Trinajstić information content (AvgIpc) is 3.34. The number of halogens is 1. The van der Waals surface area contributed by atoms with Crippen molar-refractivity contribution in [2.45, 2.75) is 33.4 Å². The topological polar surface area (TPSA) is 83.5 Å². The van der Waals surface area contributed by atoms with Gasteiger partial charge < -0.3 is 19.9 Å². The van der Waals surface area contributed by atoms with Crippen LogP contribution >= 0.6 is 22.9 Å². The average molecular weight is 563 g/mol. The summed E-state index contributed by atoms with van der Waals surface area (Å²) in [5.41, 5.74) is 2.98. The number of nitrogens with zero attached hydrogens (tertiary/aromatic N) is 5. The maximum Gasteiger partial charge on any atom is 0.246 e. The van der Waals surface area contributed by atoms with Crippen LogP contribution in [0.5, 0.6) is 5.75 Å². The molecule has 0 bridgehead atoms. The van der Waals surface area contributed by atoms with Crippen LogP contribution in [0.25, 0.3) is 10.2 Å². The molecule has 0 saturated heterocycles. The van der Waals surface area contributed by atoms with Crippen LogP contribution in [-0.4, -0.2) is 56.8 Å². The standard InChI is InChI=1S/C29H31ClN6O2S/c1-3-35(4-2)13-6-8-26(37)36-14-11-22-25(17-36)39-29-27(22)28(32-19-33-29)34-21-9-10-24(23(30)15-21)38-18-20-7-5-12-31-16-20/h5-10,12,15-16,19H,3-4,11,13-14,17-18H2,1-2H3,(H,32,33,34)/b8-6+. The zero-order valence-corrected chi connectivity index (χ0v) is 23.6. The Bertz CT molecular complexity index is 1470. The molecule has 0 fully saturated rings. The number of pyridine rings is 1. The minimum absolute atomic E-state index is 0.0511. The Hall–Kier alpha value is -3.53. The Balaban J connectivity index is 1.29. The molecule has 0 unspecified atom stereocenters. The first-order valence-corrected chi connectivity index (χ1v) is 14.3. The highest BCUT2D eigenvalue weighted by atomic mass is 35.5. The molecule has 1 amide bonds. The van der Waals surface area contributed by atoms with E-state index in [1.165, 1.54) is 5.56 Å². The lowest BCUT2D eigenvalue weighted by atomic mass is 10.0. The van der Waals surface area contributed by atoms with Crippen molar-refractivity contribution >= 4 is 50.6 Å². The molecular weight excluding hydrogens is 532 g/mol. The van der Waals surface area contributed by atoms with Gasteiger partial charge in [-0.25, -0.2) is 9.97 Å². The maximum atomic E-state index is 12.8. The van der Waals surface area contributed by atoms with E-state index in [0.29, 0.717) is 30.5 Å².